The predicted octanol–water partition coefficient (Wildman–Crippen LogP) is 3.55. The van der Waals surface area contributed by atoms with E-state index in [9.17, 15) is 13.9 Å². The van der Waals surface area contributed by atoms with Gasteiger partial charge in [-0.05, 0) is 30.4 Å². The van der Waals surface area contributed by atoms with Crippen LogP contribution in [0, 0.1) is 11.6 Å². The molecule has 0 spiro atoms. The highest BCUT2D eigenvalue weighted by Crippen LogP contribution is 2.42. The first-order valence-corrected chi connectivity index (χ1v) is 5.25. The number of hydrogen-bond donors (Lipinski definition) is 1. The SMILES string of the molecule is CC1CC[C@H](O)c2c(F)c(F)cc(Cl)c21. The lowest BCUT2D eigenvalue weighted by atomic mass is 9.82. The van der Waals surface area contributed by atoms with Crippen LogP contribution >= 0.6 is 11.6 Å². The van der Waals surface area contributed by atoms with E-state index in [4.69, 9.17) is 11.6 Å². The highest BCUT2D eigenvalue weighted by atomic mass is 35.5. The zero-order valence-electron chi connectivity index (χ0n) is 8.23. The van der Waals surface area contributed by atoms with Crippen LogP contribution in [0.5, 0.6) is 0 Å². The minimum atomic E-state index is -0.994. The Balaban J connectivity index is 2.71. The van der Waals surface area contributed by atoms with Crippen molar-refractivity contribution < 1.29 is 13.9 Å². The van der Waals surface area contributed by atoms with Crippen LogP contribution in [0.3, 0.4) is 0 Å². The lowest BCUT2D eigenvalue weighted by Gasteiger charge is -2.28. The molecule has 1 aliphatic rings. The van der Waals surface area contributed by atoms with Crippen LogP contribution in [0.2, 0.25) is 5.02 Å². The van der Waals surface area contributed by atoms with Gasteiger partial charge in [-0.2, -0.15) is 0 Å². The molecule has 0 bridgehead atoms. The van der Waals surface area contributed by atoms with E-state index in [2.05, 4.69) is 0 Å². The lowest BCUT2D eigenvalue weighted by Crippen LogP contribution is -2.16. The zero-order chi connectivity index (χ0) is 11.2. The monoisotopic (exact) mass is 232 g/mol. The zero-order valence-corrected chi connectivity index (χ0v) is 8.98. The number of halogens is 3. The fraction of sp³-hybridized carbons (Fsp3) is 0.455. The summed E-state index contributed by atoms with van der Waals surface area (Å²) in [7, 11) is 0. The van der Waals surface area contributed by atoms with E-state index >= 15 is 0 Å². The number of benzene rings is 1. The van der Waals surface area contributed by atoms with E-state index in [1.165, 1.54) is 0 Å². The van der Waals surface area contributed by atoms with Crippen LogP contribution in [-0.4, -0.2) is 5.11 Å². The molecule has 1 aromatic rings. The smallest absolute Gasteiger partial charge is 0.165 e. The molecule has 2 rings (SSSR count). The molecule has 0 heterocycles. The second-order valence-corrected chi connectivity index (χ2v) is 4.38. The molecule has 4 heteroatoms. The molecule has 0 saturated heterocycles. The Morgan fingerprint density at radius 3 is 2.67 bits per heavy atom. The fourth-order valence-corrected chi connectivity index (χ4v) is 2.53. The van der Waals surface area contributed by atoms with Crippen LogP contribution in [0.15, 0.2) is 6.07 Å². The topological polar surface area (TPSA) is 20.2 Å². The average Bonchev–Trinajstić information content (AvgIpc) is 2.18. The van der Waals surface area contributed by atoms with Crippen LogP contribution in [0.4, 0.5) is 8.78 Å². The molecule has 0 radical (unpaired) electrons. The van der Waals surface area contributed by atoms with E-state index in [-0.39, 0.29) is 16.5 Å². The summed E-state index contributed by atoms with van der Waals surface area (Å²) >= 11 is 5.86. The maximum Gasteiger partial charge on any atom is 0.165 e. The van der Waals surface area contributed by atoms with Gasteiger partial charge in [0.25, 0.3) is 0 Å². The first-order chi connectivity index (χ1) is 7.02. The summed E-state index contributed by atoms with van der Waals surface area (Å²) in [5.74, 6) is -1.90. The summed E-state index contributed by atoms with van der Waals surface area (Å²) in [6, 6.07) is 0.976. The van der Waals surface area contributed by atoms with Crippen LogP contribution in [-0.2, 0) is 0 Å². The van der Waals surface area contributed by atoms with Crippen molar-refractivity contribution in [2.75, 3.05) is 0 Å². The molecular weight excluding hydrogens is 222 g/mol. The maximum atomic E-state index is 13.5. The molecule has 0 saturated carbocycles. The molecule has 2 atom stereocenters. The van der Waals surface area contributed by atoms with Crippen molar-refractivity contribution in [1.29, 1.82) is 0 Å². The molecule has 0 amide bonds. The lowest BCUT2D eigenvalue weighted by molar-refractivity contribution is 0.145. The standard InChI is InChI=1S/C11H11ClF2O/c1-5-2-3-8(15)10-9(5)6(12)4-7(13)11(10)14/h4-5,8,15H,2-3H2,1H3/t5?,8-/m0/s1. The Labute approximate surface area is 91.7 Å². The third kappa shape index (κ3) is 1.64. The molecule has 15 heavy (non-hydrogen) atoms. The van der Waals surface area contributed by atoms with E-state index in [0.717, 1.165) is 12.5 Å². The quantitative estimate of drug-likeness (QED) is 0.679. The normalized spacial score (nSPS) is 25.1. The van der Waals surface area contributed by atoms with Crippen molar-refractivity contribution in [3.63, 3.8) is 0 Å². The first kappa shape index (κ1) is 10.8. The van der Waals surface area contributed by atoms with Gasteiger partial charge in [0.15, 0.2) is 11.6 Å². The van der Waals surface area contributed by atoms with Crippen LogP contribution in [0.25, 0.3) is 0 Å². The van der Waals surface area contributed by atoms with Gasteiger partial charge in [0.05, 0.1) is 6.10 Å². The molecule has 1 aliphatic carbocycles. The minimum Gasteiger partial charge on any atom is -0.388 e. The predicted molar refractivity (Wildman–Crippen MR) is 54.0 cm³/mol. The van der Waals surface area contributed by atoms with E-state index < -0.39 is 17.7 Å². The van der Waals surface area contributed by atoms with Gasteiger partial charge in [-0.15, -0.1) is 0 Å². The molecule has 0 aromatic heterocycles. The van der Waals surface area contributed by atoms with Crippen LogP contribution < -0.4 is 0 Å². The Morgan fingerprint density at radius 2 is 2.00 bits per heavy atom. The number of hydrogen-bond acceptors (Lipinski definition) is 1. The van der Waals surface area contributed by atoms with Gasteiger partial charge < -0.3 is 5.11 Å². The van der Waals surface area contributed by atoms with Gasteiger partial charge in [-0.25, -0.2) is 8.78 Å². The summed E-state index contributed by atoms with van der Waals surface area (Å²) in [5.41, 5.74) is 0.591. The van der Waals surface area contributed by atoms with E-state index in [1.807, 2.05) is 6.92 Å². The Morgan fingerprint density at radius 1 is 1.33 bits per heavy atom. The number of aliphatic hydroxyl groups is 1. The van der Waals surface area contributed by atoms with E-state index in [1.54, 1.807) is 0 Å². The molecule has 1 aromatic carbocycles. The molecule has 1 nitrogen and oxygen atoms in total. The molecule has 0 aliphatic heterocycles. The van der Waals surface area contributed by atoms with Crippen molar-refractivity contribution in [2.24, 2.45) is 0 Å². The molecule has 1 unspecified atom stereocenters. The van der Waals surface area contributed by atoms with Crippen molar-refractivity contribution in [3.05, 3.63) is 33.9 Å². The summed E-state index contributed by atoms with van der Waals surface area (Å²) in [4.78, 5) is 0. The highest BCUT2D eigenvalue weighted by Gasteiger charge is 2.30. The Bertz CT molecular complexity index is 406. The number of rotatable bonds is 0. The van der Waals surface area contributed by atoms with E-state index in [0.29, 0.717) is 12.0 Å². The van der Waals surface area contributed by atoms with Gasteiger partial charge in [-0.1, -0.05) is 18.5 Å². The third-order valence-electron chi connectivity index (χ3n) is 2.95. The third-order valence-corrected chi connectivity index (χ3v) is 3.26. The highest BCUT2D eigenvalue weighted by molar-refractivity contribution is 6.31. The molecular formula is C11H11ClF2O. The Kier molecular flexibility index (Phi) is 2.69. The summed E-state index contributed by atoms with van der Waals surface area (Å²) in [6.07, 6.45) is 0.244. The van der Waals surface area contributed by atoms with Gasteiger partial charge in [-0.3, -0.25) is 0 Å². The van der Waals surface area contributed by atoms with Crippen molar-refractivity contribution in [1.82, 2.24) is 0 Å². The molecule has 82 valence electrons. The van der Waals surface area contributed by atoms with Gasteiger partial charge in [0, 0.05) is 10.6 Å². The largest absolute Gasteiger partial charge is 0.388 e. The fourth-order valence-electron chi connectivity index (χ4n) is 2.15. The maximum absolute atomic E-state index is 13.5. The van der Waals surface area contributed by atoms with Gasteiger partial charge in [0.1, 0.15) is 0 Å². The molecule has 1 N–H and O–H groups in total. The summed E-state index contributed by atoms with van der Waals surface area (Å²) in [6.45, 7) is 1.90. The van der Waals surface area contributed by atoms with Gasteiger partial charge >= 0.3 is 0 Å². The molecule has 0 fully saturated rings. The van der Waals surface area contributed by atoms with Crippen LogP contribution in [0.1, 0.15) is 42.9 Å². The van der Waals surface area contributed by atoms with Crippen molar-refractivity contribution in [2.45, 2.75) is 31.8 Å². The second kappa shape index (κ2) is 3.72. The van der Waals surface area contributed by atoms with Crippen molar-refractivity contribution in [3.8, 4) is 0 Å². The van der Waals surface area contributed by atoms with Gasteiger partial charge in [0.2, 0.25) is 0 Å². The van der Waals surface area contributed by atoms with Crippen molar-refractivity contribution >= 4 is 11.6 Å². The second-order valence-electron chi connectivity index (χ2n) is 3.98. The first-order valence-electron chi connectivity index (χ1n) is 4.87. The number of aliphatic hydroxyl groups excluding tert-OH is 1. The number of fused-ring (bicyclic) bond motifs is 1. The minimum absolute atomic E-state index is 0.0405. The summed E-state index contributed by atoms with van der Waals surface area (Å²) in [5, 5.41) is 9.85. The summed E-state index contributed by atoms with van der Waals surface area (Å²) < 4.78 is 26.6. The Hall–Kier alpha value is -0.670. The average molecular weight is 233 g/mol.